The Kier molecular flexibility index (Phi) is 19.7. The summed E-state index contributed by atoms with van der Waals surface area (Å²) in [5.74, 6) is -1.85. The minimum absolute atomic E-state index is 0.250. The number of hydrogen-bond donors (Lipinski definition) is 4. The lowest BCUT2D eigenvalue weighted by molar-refractivity contribution is -0.147. The molecule has 0 spiro atoms. The number of unbranched alkanes of at least 4 members (excludes halogenated alkanes) is 12. The zero-order chi connectivity index (χ0) is 25.0. The van der Waals surface area contributed by atoms with E-state index in [0.29, 0.717) is 6.42 Å². The molecule has 0 radical (unpaired) electrons. The first-order valence-electron chi connectivity index (χ1n) is 12.1. The lowest BCUT2D eigenvalue weighted by Crippen LogP contribution is -2.34. The van der Waals surface area contributed by atoms with Gasteiger partial charge in [0.15, 0.2) is 0 Å². The molecule has 5 N–H and O–H groups in total. The van der Waals surface area contributed by atoms with Gasteiger partial charge in [0.2, 0.25) is 0 Å². The fourth-order valence-corrected chi connectivity index (χ4v) is 3.84. The van der Waals surface area contributed by atoms with Crippen molar-refractivity contribution in [3.05, 3.63) is 0 Å². The average molecular weight is 498 g/mol. The van der Waals surface area contributed by atoms with Crippen molar-refractivity contribution in [2.24, 2.45) is 5.73 Å². The van der Waals surface area contributed by atoms with Crippen molar-refractivity contribution in [2.45, 2.75) is 109 Å². The molecule has 0 aliphatic rings. The number of esters is 1. The first-order valence-corrected chi connectivity index (χ1v) is 13.6. The van der Waals surface area contributed by atoms with Crippen LogP contribution in [0.1, 0.15) is 96.8 Å². The minimum atomic E-state index is -4.58. The Hall–Kier alpha value is -1.03. The van der Waals surface area contributed by atoms with E-state index >= 15 is 0 Å². The summed E-state index contributed by atoms with van der Waals surface area (Å²) in [4.78, 5) is 31.7. The summed E-state index contributed by atoms with van der Waals surface area (Å²) in [6.45, 7) is 0.495. The number of carboxylic acid groups (broad SMARTS) is 1. The van der Waals surface area contributed by atoms with Crippen molar-refractivity contribution in [1.29, 1.82) is 0 Å². The summed E-state index contributed by atoms with van der Waals surface area (Å²) in [7, 11) is -4.58. The maximum atomic E-state index is 11.7. The maximum Gasteiger partial charge on any atom is 0.472 e. The van der Waals surface area contributed by atoms with Gasteiger partial charge in [-0.1, -0.05) is 84.0 Å². The molecular weight excluding hydrogens is 453 g/mol. The molecule has 0 bridgehead atoms. The number of ether oxygens (including phenoxy) is 1. The van der Waals surface area contributed by atoms with Crippen molar-refractivity contribution in [1.82, 2.24) is 0 Å². The summed E-state index contributed by atoms with van der Waals surface area (Å²) < 4.78 is 25.5. The Morgan fingerprint density at radius 3 is 1.76 bits per heavy atom. The first kappa shape index (κ1) is 32.0. The van der Waals surface area contributed by atoms with Gasteiger partial charge in [-0.05, 0) is 6.42 Å². The van der Waals surface area contributed by atoms with Gasteiger partial charge in [0.25, 0.3) is 0 Å². The summed E-state index contributed by atoms with van der Waals surface area (Å²) in [6, 6.07) is -1.48. The SMILES string of the molecule is CCCCCCCCCCCCCCCC(=O)OC[C@@H](O)COP(=O)(O)OCC(N)C(=O)O. The van der Waals surface area contributed by atoms with Gasteiger partial charge in [0.05, 0.1) is 13.2 Å². The second-order valence-electron chi connectivity index (χ2n) is 8.33. The molecule has 0 saturated heterocycles. The predicted octanol–water partition coefficient (Wildman–Crippen LogP) is 3.92. The molecule has 0 aliphatic heterocycles. The van der Waals surface area contributed by atoms with Crippen LogP contribution in [0.5, 0.6) is 0 Å². The van der Waals surface area contributed by atoms with Gasteiger partial charge in [-0.15, -0.1) is 0 Å². The van der Waals surface area contributed by atoms with E-state index in [2.05, 4.69) is 16.0 Å². The molecule has 0 aromatic rings. The van der Waals surface area contributed by atoms with E-state index in [1.54, 1.807) is 0 Å². The topological polar surface area (TPSA) is 166 Å². The summed E-state index contributed by atoms with van der Waals surface area (Å²) in [6.07, 6.45) is 14.7. The molecule has 0 aromatic carbocycles. The van der Waals surface area contributed by atoms with E-state index in [-0.39, 0.29) is 13.0 Å². The van der Waals surface area contributed by atoms with Crippen LogP contribution in [0.25, 0.3) is 0 Å². The fourth-order valence-electron chi connectivity index (χ4n) is 3.06. The van der Waals surface area contributed by atoms with Crippen LogP contribution in [0.2, 0.25) is 0 Å². The number of hydrogen-bond acceptors (Lipinski definition) is 8. The molecule has 196 valence electrons. The van der Waals surface area contributed by atoms with Gasteiger partial charge in [0.1, 0.15) is 18.8 Å². The highest BCUT2D eigenvalue weighted by Crippen LogP contribution is 2.43. The molecule has 0 saturated carbocycles. The molecule has 0 aromatic heterocycles. The van der Waals surface area contributed by atoms with E-state index < -0.39 is 45.1 Å². The second-order valence-corrected chi connectivity index (χ2v) is 9.79. The van der Waals surface area contributed by atoms with Crippen LogP contribution in [0.15, 0.2) is 0 Å². The Morgan fingerprint density at radius 1 is 0.818 bits per heavy atom. The summed E-state index contributed by atoms with van der Waals surface area (Å²) >= 11 is 0. The smallest absolute Gasteiger partial charge is 0.472 e. The second kappa shape index (κ2) is 20.4. The number of nitrogens with two attached hydrogens (primary N) is 1. The number of carbonyl (C=O) groups excluding carboxylic acids is 1. The molecule has 0 aliphatic carbocycles. The van der Waals surface area contributed by atoms with Crippen LogP contribution in [-0.4, -0.2) is 59.0 Å². The molecule has 3 atom stereocenters. The van der Waals surface area contributed by atoms with Crippen molar-refractivity contribution in [3.8, 4) is 0 Å². The molecule has 33 heavy (non-hydrogen) atoms. The average Bonchev–Trinajstić information content (AvgIpc) is 2.77. The quantitative estimate of drug-likeness (QED) is 0.0923. The van der Waals surface area contributed by atoms with Crippen LogP contribution >= 0.6 is 7.82 Å². The number of rotatable bonds is 23. The van der Waals surface area contributed by atoms with Crippen LogP contribution in [0, 0.1) is 0 Å². The molecule has 2 unspecified atom stereocenters. The molecule has 0 rings (SSSR count). The van der Waals surface area contributed by atoms with E-state index in [0.717, 1.165) is 12.8 Å². The normalized spacial score (nSPS) is 15.0. The largest absolute Gasteiger partial charge is 0.480 e. The molecule has 11 heteroatoms. The molecule has 0 amide bonds. The minimum Gasteiger partial charge on any atom is -0.480 e. The first-order chi connectivity index (χ1) is 15.7. The van der Waals surface area contributed by atoms with E-state index in [4.69, 9.17) is 15.6 Å². The highest BCUT2D eigenvalue weighted by Gasteiger charge is 2.26. The van der Waals surface area contributed by atoms with Crippen molar-refractivity contribution in [2.75, 3.05) is 19.8 Å². The number of carbonyl (C=O) groups is 2. The van der Waals surface area contributed by atoms with Gasteiger partial charge in [0, 0.05) is 6.42 Å². The van der Waals surface area contributed by atoms with Crippen LogP contribution < -0.4 is 5.73 Å². The van der Waals surface area contributed by atoms with Gasteiger partial charge in [-0.2, -0.15) is 0 Å². The van der Waals surface area contributed by atoms with Gasteiger partial charge < -0.3 is 25.6 Å². The predicted molar refractivity (Wildman–Crippen MR) is 125 cm³/mol. The van der Waals surface area contributed by atoms with E-state index in [1.807, 2.05) is 0 Å². The fraction of sp³-hybridized carbons (Fsp3) is 0.909. The van der Waals surface area contributed by atoms with Crippen molar-refractivity contribution >= 4 is 19.8 Å². The van der Waals surface area contributed by atoms with Crippen molar-refractivity contribution < 1.29 is 43.0 Å². The monoisotopic (exact) mass is 497 g/mol. The number of aliphatic carboxylic acids is 1. The Morgan fingerprint density at radius 2 is 1.27 bits per heavy atom. The number of aliphatic hydroxyl groups is 1. The highest BCUT2D eigenvalue weighted by atomic mass is 31.2. The third-order valence-corrected chi connectivity index (χ3v) is 6.04. The molecule has 0 heterocycles. The molecular formula is C22H44NO9P. The standard InChI is InChI=1S/C22H44NO9P/c1-2-3-4-5-6-7-8-9-10-11-12-13-14-15-21(25)30-16-19(24)17-31-33(28,29)32-18-20(23)22(26)27/h19-20,24H,2-18,23H2,1H3,(H,26,27)(H,28,29)/t19-,20?/m1/s1. The van der Waals surface area contributed by atoms with Gasteiger partial charge in [-0.3, -0.25) is 18.6 Å². The number of phosphoric ester groups is 1. The van der Waals surface area contributed by atoms with Crippen LogP contribution in [0.4, 0.5) is 0 Å². The lowest BCUT2D eigenvalue weighted by atomic mass is 10.0. The molecule has 0 fully saturated rings. The third kappa shape index (κ3) is 21.3. The van der Waals surface area contributed by atoms with Gasteiger partial charge in [-0.25, -0.2) is 4.57 Å². The summed E-state index contributed by atoms with van der Waals surface area (Å²) in [5.41, 5.74) is 5.15. The Bertz CT molecular complexity index is 562. The zero-order valence-electron chi connectivity index (χ0n) is 20.0. The third-order valence-electron chi connectivity index (χ3n) is 5.09. The van der Waals surface area contributed by atoms with E-state index in [9.17, 15) is 24.2 Å². The van der Waals surface area contributed by atoms with Crippen LogP contribution in [-0.2, 0) is 27.9 Å². The van der Waals surface area contributed by atoms with Gasteiger partial charge >= 0.3 is 19.8 Å². The number of carboxylic acids is 1. The molecule has 10 nitrogen and oxygen atoms in total. The van der Waals surface area contributed by atoms with E-state index in [1.165, 1.54) is 64.2 Å². The number of phosphoric acid groups is 1. The summed E-state index contributed by atoms with van der Waals surface area (Å²) in [5, 5.41) is 18.3. The Balaban J connectivity index is 3.60. The highest BCUT2D eigenvalue weighted by molar-refractivity contribution is 7.47. The lowest BCUT2D eigenvalue weighted by Gasteiger charge is -2.16. The van der Waals surface area contributed by atoms with Crippen molar-refractivity contribution in [3.63, 3.8) is 0 Å². The van der Waals surface area contributed by atoms with Crippen LogP contribution in [0.3, 0.4) is 0 Å². The maximum absolute atomic E-state index is 11.7. The zero-order valence-corrected chi connectivity index (χ0v) is 20.9. The number of aliphatic hydroxyl groups excluding tert-OH is 1. The Labute approximate surface area is 197 Å².